The molecule has 0 radical (unpaired) electrons. The maximum absolute atomic E-state index is 13.8. The van der Waals surface area contributed by atoms with Crippen LogP contribution in [0.3, 0.4) is 0 Å². The standard InChI is InChI=1S/C13H14FN3/c14-12-7-11(17-10-3-5-15-8-10)6-9-2-1-4-16-13(9)12/h1-2,4,6-7,10,15,17H,3,5,8H2. The molecule has 2 N–H and O–H groups in total. The van der Waals surface area contributed by atoms with Crippen molar-refractivity contribution in [3.8, 4) is 0 Å². The molecule has 0 bridgehead atoms. The van der Waals surface area contributed by atoms with Crippen molar-refractivity contribution in [2.24, 2.45) is 0 Å². The van der Waals surface area contributed by atoms with Crippen molar-refractivity contribution in [3.63, 3.8) is 0 Å². The van der Waals surface area contributed by atoms with E-state index in [9.17, 15) is 4.39 Å². The van der Waals surface area contributed by atoms with Gasteiger partial charge in [0.2, 0.25) is 0 Å². The Bertz CT molecular complexity index is 535. The van der Waals surface area contributed by atoms with E-state index < -0.39 is 0 Å². The Morgan fingerprint density at radius 1 is 1.41 bits per heavy atom. The normalized spacial score (nSPS) is 19.7. The minimum atomic E-state index is -0.267. The topological polar surface area (TPSA) is 37.0 Å². The van der Waals surface area contributed by atoms with Crippen LogP contribution in [0.2, 0.25) is 0 Å². The summed E-state index contributed by atoms with van der Waals surface area (Å²) in [6, 6.07) is 7.56. The lowest BCUT2D eigenvalue weighted by atomic mass is 10.1. The number of halogens is 1. The molecule has 17 heavy (non-hydrogen) atoms. The molecule has 1 aromatic carbocycles. The molecule has 0 aliphatic carbocycles. The lowest BCUT2D eigenvalue weighted by Gasteiger charge is -2.13. The van der Waals surface area contributed by atoms with Crippen molar-refractivity contribution in [2.45, 2.75) is 12.5 Å². The first-order valence-electron chi connectivity index (χ1n) is 5.84. The van der Waals surface area contributed by atoms with E-state index in [1.165, 1.54) is 6.07 Å². The minimum absolute atomic E-state index is 0.267. The van der Waals surface area contributed by atoms with Crippen LogP contribution in [0.5, 0.6) is 0 Å². The Morgan fingerprint density at radius 2 is 2.35 bits per heavy atom. The first-order valence-corrected chi connectivity index (χ1v) is 5.84. The highest BCUT2D eigenvalue weighted by atomic mass is 19.1. The maximum Gasteiger partial charge on any atom is 0.151 e. The second-order valence-electron chi connectivity index (χ2n) is 4.37. The highest BCUT2D eigenvalue weighted by molar-refractivity contribution is 5.82. The van der Waals surface area contributed by atoms with E-state index in [-0.39, 0.29) is 5.82 Å². The molecule has 4 heteroatoms. The SMILES string of the molecule is Fc1cc(NC2CCNC2)cc2cccnc12. The van der Waals surface area contributed by atoms with E-state index >= 15 is 0 Å². The second kappa shape index (κ2) is 4.30. The summed E-state index contributed by atoms with van der Waals surface area (Å²) in [5.74, 6) is -0.267. The Hall–Kier alpha value is -1.68. The molecule has 88 valence electrons. The summed E-state index contributed by atoms with van der Waals surface area (Å²) in [7, 11) is 0. The van der Waals surface area contributed by atoms with Crippen LogP contribution >= 0.6 is 0 Å². The van der Waals surface area contributed by atoms with Crippen molar-refractivity contribution in [1.29, 1.82) is 0 Å². The van der Waals surface area contributed by atoms with Gasteiger partial charge in [-0.25, -0.2) is 4.39 Å². The summed E-state index contributed by atoms with van der Waals surface area (Å²) in [6.45, 7) is 1.96. The fraction of sp³-hybridized carbons (Fsp3) is 0.308. The molecule has 1 aliphatic rings. The van der Waals surface area contributed by atoms with E-state index in [0.29, 0.717) is 11.6 Å². The molecule has 1 fully saturated rings. The van der Waals surface area contributed by atoms with Crippen molar-refractivity contribution >= 4 is 16.6 Å². The largest absolute Gasteiger partial charge is 0.381 e. The van der Waals surface area contributed by atoms with E-state index in [4.69, 9.17) is 0 Å². The van der Waals surface area contributed by atoms with Crippen LogP contribution in [0.15, 0.2) is 30.5 Å². The average Bonchev–Trinajstić information content (AvgIpc) is 2.82. The molecule has 0 spiro atoms. The number of pyridine rings is 1. The number of anilines is 1. The van der Waals surface area contributed by atoms with Gasteiger partial charge in [0.15, 0.2) is 5.82 Å². The Labute approximate surface area is 99.1 Å². The van der Waals surface area contributed by atoms with Crippen LogP contribution in [0.1, 0.15) is 6.42 Å². The van der Waals surface area contributed by atoms with Crippen LogP contribution in [0.25, 0.3) is 10.9 Å². The van der Waals surface area contributed by atoms with Crippen molar-refractivity contribution in [1.82, 2.24) is 10.3 Å². The molecule has 0 saturated carbocycles. The first kappa shape index (κ1) is 10.5. The Morgan fingerprint density at radius 3 is 3.18 bits per heavy atom. The molecule has 2 heterocycles. The molecule has 1 aromatic heterocycles. The number of nitrogens with zero attached hydrogens (tertiary/aromatic N) is 1. The zero-order valence-electron chi connectivity index (χ0n) is 9.41. The minimum Gasteiger partial charge on any atom is -0.381 e. The summed E-state index contributed by atoms with van der Waals surface area (Å²) < 4.78 is 13.8. The number of fused-ring (bicyclic) bond motifs is 1. The molecular formula is C13H14FN3. The highest BCUT2D eigenvalue weighted by Crippen LogP contribution is 2.22. The number of aromatic nitrogens is 1. The molecule has 1 saturated heterocycles. The van der Waals surface area contributed by atoms with Gasteiger partial charge in [-0.3, -0.25) is 4.98 Å². The lowest BCUT2D eigenvalue weighted by molar-refractivity contribution is 0.636. The summed E-state index contributed by atoms with van der Waals surface area (Å²) in [6.07, 6.45) is 2.69. The number of benzene rings is 1. The monoisotopic (exact) mass is 231 g/mol. The first-order chi connectivity index (χ1) is 8.33. The molecule has 2 aromatic rings. The van der Waals surface area contributed by atoms with Crippen LogP contribution in [-0.2, 0) is 0 Å². The third-order valence-electron chi connectivity index (χ3n) is 3.09. The van der Waals surface area contributed by atoms with Gasteiger partial charge in [-0.1, -0.05) is 6.07 Å². The smallest absolute Gasteiger partial charge is 0.151 e. The zero-order valence-corrected chi connectivity index (χ0v) is 9.41. The molecule has 3 rings (SSSR count). The third kappa shape index (κ3) is 2.08. The van der Waals surface area contributed by atoms with Crippen LogP contribution in [0.4, 0.5) is 10.1 Å². The quantitative estimate of drug-likeness (QED) is 0.831. The number of hydrogen-bond donors (Lipinski definition) is 2. The third-order valence-corrected chi connectivity index (χ3v) is 3.09. The second-order valence-corrected chi connectivity index (χ2v) is 4.37. The van der Waals surface area contributed by atoms with E-state index in [1.54, 1.807) is 6.20 Å². The summed E-state index contributed by atoms with van der Waals surface area (Å²) in [4.78, 5) is 4.04. The van der Waals surface area contributed by atoms with Gasteiger partial charge in [0, 0.05) is 29.9 Å². The summed E-state index contributed by atoms with van der Waals surface area (Å²) in [5.41, 5.74) is 1.26. The fourth-order valence-corrected chi connectivity index (χ4v) is 2.24. The Kier molecular flexibility index (Phi) is 2.65. The highest BCUT2D eigenvalue weighted by Gasteiger charge is 2.14. The van der Waals surface area contributed by atoms with Crippen LogP contribution in [-0.4, -0.2) is 24.1 Å². The predicted octanol–water partition coefficient (Wildman–Crippen LogP) is 2.15. The fourth-order valence-electron chi connectivity index (χ4n) is 2.24. The molecule has 1 atom stereocenters. The molecule has 1 unspecified atom stereocenters. The number of rotatable bonds is 2. The maximum atomic E-state index is 13.8. The van der Waals surface area contributed by atoms with Gasteiger partial charge < -0.3 is 10.6 Å². The number of nitrogens with one attached hydrogen (secondary N) is 2. The van der Waals surface area contributed by atoms with Gasteiger partial charge in [0.25, 0.3) is 0 Å². The van der Waals surface area contributed by atoms with Gasteiger partial charge in [-0.2, -0.15) is 0 Å². The van der Waals surface area contributed by atoms with Gasteiger partial charge in [-0.15, -0.1) is 0 Å². The molecule has 1 aliphatic heterocycles. The van der Waals surface area contributed by atoms with Gasteiger partial charge in [0.05, 0.1) is 0 Å². The van der Waals surface area contributed by atoms with Crippen molar-refractivity contribution in [2.75, 3.05) is 18.4 Å². The van der Waals surface area contributed by atoms with Gasteiger partial charge in [0.1, 0.15) is 5.52 Å². The van der Waals surface area contributed by atoms with E-state index in [1.807, 2.05) is 18.2 Å². The zero-order chi connectivity index (χ0) is 11.7. The van der Waals surface area contributed by atoms with Crippen LogP contribution < -0.4 is 10.6 Å². The van der Waals surface area contributed by atoms with Crippen molar-refractivity contribution < 1.29 is 4.39 Å². The van der Waals surface area contributed by atoms with E-state index in [2.05, 4.69) is 15.6 Å². The predicted molar refractivity (Wildman–Crippen MR) is 66.6 cm³/mol. The summed E-state index contributed by atoms with van der Waals surface area (Å²) >= 11 is 0. The van der Waals surface area contributed by atoms with Gasteiger partial charge in [-0.05, 0) is 31.2 Å². The molecule has 0 amide bonds. The van der Waals surface area contributed by atoms with Gasteiger partial charge >= 0.3 is 0 Å². The molecular weight excluding hydrogens is 217 g/mol. The Balaban J connectivity index is 1.94. The number of hydrogen-bond acceptors (Lipinski definition) is 3. The summed E-state index contributed by atoms with van der Waals surface area (Å²) in [5, 5.41) is 7.45. The van der Waals surface area contributed by atoms with E-state index in [0.717, 1.165) is 30.6 Å². The van der Waals surface area contributed by atoms with Crippen LogP contribution in [0, 0.1) is 5.82 Å². The lowest BCUT2D eigenvalue weighted by Crippen LogP contribution is -2.22. The molecule has 3 nitrogen and oxygen atoms in total. The van der Waals surface area contributed by atoms with Crippen molar-refractivity contribution in [3.05, 3.63) is 36.3 Å². The average molecular weight is 231 g/mol.